The van der Waals surface area contributed by atoms with Crippen molar-refractivity contribution in [2.75, 3.05) is 45.2 Å². The van der Waals surface area contributed by atoms with Gasteiger partial charge in [-0.05, 0) is 47.4 Å². The third-order valence-corrected chi connectivity index (χ3v) is 9.12. The van der Waals surface area contributed by atoms with Crippen molar-refractivity contribution in [2.45, 2.75) is 12.5 Å². The summed E-state index contributed by atoms with van der Waals surface area (Å²) in [6.45, 7) is 5.01. The topological polar surface area (TPSA) is 57.5 Å². The van der Waals surface area contributed by atoms with E-state index < -0.39 is 5.54 Å². The molecule has 0 atom stereocenters. The number of carbonyl (C=O) groups is 1. The van der Waals surface area contributed by atoms with Gasteiger partial charge in [-0.2, -0.15) is 5.10 Å². The van der Waals surface area contributed by atoms with Crippen LogP contribution in [0, 0.1) is 6.92 Å². The van der Waals surface area contributed by atoms with E-state index in [1.165, 1.54) is 0 Å². The Morgan fingerprint density at radius 3 is 1.85 bits per heavy atom. The number of benzene rings is 4. The second-order valence-electron chi connectivity index (χ2n) is 12.1. The third kappa shape index (κ3) is 5.08. The number of aromatic nitrogens is 3. The fourth-order valence-electron chi connectivity index (χ4n) is 6.85. The van der Waals surface area contributed by atoms with Crippen LogP contribution in [0.3, 0.4) is 0 Å². The zero-order valence-electron chi connectivity index (χ0n) is 26.5. The quantitative estimate of drug-likeness (QED) is 0.191. The highest BCUT2D eigenvalue weighted by molar-refractivity contribution is 5.95. The molecule has 7 nitrogen and oxygen atoms in total. The molecule has 3 heterocycles. The maximum absolute atomic E-state index is 12.5. The molecule has 0 unspecified atom stereocenters. The molecule has 7 heteroatoms. The standard InChI is InChI=1S/C39H38N6O/c1-29-35(30-19-20-36-34(27-30)37(21-22-40-36)43-23-25-44(26-24-43)38(46)42(2)3)28-45(41-29)39(31-13-7-4-8-14-31,32-15-9-5-10-16-32)33-17-11-6-12-18-33/h4-22,27-28H,23-26H2,1-3H3. The van der Waals surface area contributed by atoms with E-state index in [0.717, 1.165) is 63.2 Å². The minimum atomic E-state index is -0.681. The van der Waals surface area contributed by atoms with Gasteiger partial charge in [-0.1, -0.05) is 97.1 Å². The van der Waals surface area contributed by atoms with Gasteiger partial charge in [0.2, 0.25) is 0 Å². The highest BCUT2D eigenvalue weighted by Crippen LogP contribution is 2.42. The van der Waals surface area contributed by atoms with Crippen LogP contribution in [-0.4, -0.2) is 70.9 Å². The van der Waals surface area contributed by atoms with Gasteiger partial charge < -0.3 is 14.7 Å². The molecular formula is C39H38N6O. The minimum Gasteiger partial charge on any atom is -0.367 e. The Morgan fingerprint density at radius 2 is 1.30 bits per heavy atom. The highest BCUT2D eigenvalue weighted by atomic mass is 16.2. The van der Waals surface area contributed by atoms with Crippen molar-refractivity contribution < 1.29 is 4.79 Å². The van der Waals surface area contributed by atoms with E-state index in [-0.39, 0.29) is 6.03 Å². The molecule has 46 heavy (non-hydrogen) atoms. The number of fused-ring (bicyclic) bond motifs is 1. The first-order valence-corrected chi connectivity index (χ1v) is 15.8. The fourth-order valence-corrected chi connectivity index (χ4v) is 6.85. The largest absolute Gasteiger partial charge is 0.367 e. The van der Waals surface area contributed by atoms with Crippen molar-refractivity contribution in [2.24, 2.45) is 0 Å². The molecule has 0 N–H and O–H groups in total. The lowest BCUT2D eigenvalue weighted by atomic mass is 9.77. The first-order chi connectivity index (χ1) is 22.5. The summed E-state index contributed by atoms with van der Waals surface area (Å²) in [5.74, 6) is 0. The Hall–Kier alpha value is -5.43. The van der Waals surface area contributed by atoms with Crippen molar-refractivity contribution in [1.29, 1.82) is 0 Å². The monoisotopic (exact) mass is 606 g/mol. The van der Waals surface area contributed by atoms with Crippen molar-refractivity contribution in [1.82, 2.24) is 24.6 Å². The summed E-state index contributed by atoms with van der Waals surface area (Å²) < 4.78 is 2.15. The van der Waals surface area contributed by atoms with Gasteiger partial charge in [0.1, 0.15) is 5.54 Å². The van der Waals surface area contributed by atoms with Crippen molar-refractivity contribution >= 4 is 22.6 Å². The van der Waals surface area contributed by atoms with Gasteiger partial charge in [-0.3, -0.25) is 9.67 Å². The molecule has 7 rings (SSSR count). The Morgan fingerprint density at radius 1 is 0.739 bits per heavy atom. The van der Waals surface area contributed by atoms with Crippen LogP contribution < -0.4 is 4.90 Å². The number of amides is 2. The average Bonchev–Trinajstić information content (AvgIpc) is 3.50. The number of anilines is 1. The molecular weight excluding hydrogens is 568 g/mol. The Labute approximate surface area is 270 Å². The van der Waals surface area contributed by atoms with Crippen molar-refractivity contribution in [3.63, 3.8) is 0 Å². The Balaban J connectivity index is 1.34. The maximum atomic E-state index is 12.5. The fraction of sp³-hybridized carbons (Fsp3) is 0.205. The molecule has 4 aromatic carbocycles. The number of rotatable bonds is 6. The van der Waals surface area contributed by atoms with Crippen molar-refractivity contribution in [3.8, 4) is 11.1 Å². The normalized spacial score (nSPS) is 13.6. The molecule has 0 saturated carbocycles. The molecule has 1 aliphatic heterocycles. The zero-order chi connectivity index (χ0) is 31.7. The minimum absolute atomic E-state index is 0.0617. The molecule has 2 amide bonds. The lowest BCUT2D eigenvalue weighted by Crippen LogP contribution is -2.51. The molecule has 0 aliphatic carbocycles. The number of aryl methyl sites for hydroxylation is 1. The van der Waals surface area contributed by atoms with Crippen LogP contribution in [-0.2, 0) is 5.54 Å². The van der Waals surface area contributed by atoms with Gasteiger partial charge in [0.15, 0.2) is 0 Å². The average molecular weight is 607 g/mol. The molecule has 0 bridgehead atoms. The van der Waals surface area contributed by atoms with E-state index in [1.54, 1.807) is 19.0 Å². The first-order valence-electron chi connectivity index (χ1n) is 15.8. The number of carbonyl (C=O) groups excluding carboxylic acids is 1. The third-order valence-electron chi connectivity index (χ3n) is 9.12. The van der Waals surface area contributed by atoms with Gasteiger partial charge in [0, 0.05) is 69.3 Å². The van der Waals surface area contributed by atoms with Crippen molar-refractivity contribution in [3.05, 3.63) is 150 Å². The van der Waals surface area contributed by atoms with E-state index in [2.05, 4.69) is 138 Å². The molecule has 230 valence electrons. The summed E-state index contributed by atoms with van der Waals surface area (Å²) in [5, 5.41) is 6.37. The predicted octanol–water partition coefficient (Wildman–Crippen LogP) is 7.05. The van der Waals surface area contributed by atoms with E-state index in [4.69, 9.17) is 10.1 Å². The van der Waals surface area contributed by atoms with Crippen LogP contribution in [0.5, 0.6) is 0 Å². The molecule has 0 spiro atoms. The summed E-state index contributed by atoms with van der Waals surface area (Å²) in [5.41, 5.74) is 7.94. The lowest BCUT2D eigenvalue weighted by Gasteiger charge is -2.37. The van der Waals surface area contributed by atoms with Crippen LogP contribution in [0.1, 0.15) is 22.4 Å². The lowest BCUT2D eigenvalue weighted by molar-refractivity contribution is 0.168. The smallest absolute Gasteiger partial charge is 0.319 e. The maximum Gasteiger partial charge on any atom is 0.319 e. The van der Waals surface area contributed by atoms with Gasteiger partial charge >= 0.3 is 6.03 Å². The zero-order valence-corrected chi connectivity index (χ0v) is 26.5. The first kappa shape index (κ1) is 29.3. The molecule has 2 aromatic heterocycles. The summed E-state index contributed by atoms with van der Waals surface area (Å²) in [4.78, 5) is 23.2. The van der Waals surface area contributed by atoms with Gasteiger partial charge in [0.05, 0.1) is 11.2 Å². The Bertz CT molecular complexity index is 1870. The van der Waals surface area contributed by atoms with E-state index in [9.17, 15) is 4.79 Å². The summed E-state index contributed by atoms with van der Waals surface area (Å²) >= 11 is 0. The summed E-state index contributed by atoms with van der Waals surface area (Å²) in [6.07, 6.45) is 4.08. The number of urea groups is 1. The second kappa shape index (κ2) is 12.2. The highest BCUT2D eigenvalue weighted by Gasteiger charge is 2.39. The van der Waals surface area contributed by atoms with Crippen LogP contribution in [0.2, 0.25) is 0 Å². The van der Waals surface area contributed by atoms with Crippen LogP contribution in [0.4, 0.5) is 10.5 Å². The number of hydrogen-bond acceptors (Lipinski definition) is 4. The van der Waals surface area contributed by atoms with Gasteiger partial charge in [-0.15, -0.1) is 0 Å². The SMILES string of the molecule is Cc1nn(C(c2ccccc2)(c2ccccc2)c2ccccc2)cc1-c1ccc2nccc(N3CCN(C(=O)N(C)C)CC3)c2c1. The van der Waals surface area contributed by atoms with Crippen LogP contribution in [0.25, 0.3) is 22.0 Å². The van der Waals surface area contributed by atoms with E-state index >= 15 is 0 Å². The van der Waals surface area contributed by atoms with Crippen LogP contribution >= 0.6 is 0 Å². The van der Waals surface area contributed by atoms with Gasteiger partial charge in [-0.25, -0.2) is 4.79 Å². The number of nitrogens with zero attached hydrogens (tertiary/aromatic N) is 6. The number of piperazine rings is 1. The second-order valence-corrected chi connectivity index (χ2v) is 12.1. The van der Waals surface area contributed by atoms with Crippen LogP contribution in [0.15, 0.2) is 128 Å². The number of pyridine rings is 1. The van der Waals surface area contributed by atoms with E-state index in [0.29, 0.717) is 13.1 Å². The molecule has 1 saturated heterocycles. The van der Waals surface area contributed by atoms with E-state index in [1.807, 2.05) is 11.1 Å². The Kier molecular flexibility index (Phi) is 7.74. The van der Waals surface area contributed by atoms with Gasteiger partial charge in [0.25, 0.3) is 0 Å². The molecule has 1 aliphatic rings. The molecule has 0 radical (unpaired) electrons. The summed E-state index contributed by atoms with van der Waals surface area (Å²) in [6, 6.07) is 40.6. The molecule has 6 aromatic rings. The number of hydrogen-bond donors (Lipinski definition) is 0. The molecule has 1 fully saturated rings. The summed E-state index contributed by atoms with van der Waals surface area (Å²) in [7, 11) is 3.61. The predicted molar refractivity (Wildman–Crippen MR) is 185 cm³/mol.